The van der Waals surface area contributed by atoms with Crippen LogP contribution in [-0.2, 0) is 22.5 Å². The number of hydrogen-bond acceptors (Lipinski definition) is 8. The molecule has 4 aromatic rings. The lowest BCUT2D eigenvalue weighted by atomic mass is 10.1. The van der Waals surface area contributed by atoms with Crippen LogP contribution in [0.4, 0.5) is 0 Å². The van der Waals surface area contributed by atoms with Gasteiger partial charge in [-0.2, -0.15) is 0 Å². The first-order chi connectivity index (χ1) is 15.0. The van der Waals surface area contributed by atoms with Gasteiger partial charge in [-0.1, -0.05) is 29.4 Å². The number of fused-ring (bicyclic) bond motifs is 5. The molecule has 1 aliphatic rings. The second kappa shape index (κ2) is 7.94. The third kappa shape index (κ3) is 3.43. The number of rotatable bonds is 4. The van der Waals surface area contributed by atoms with Crippen LogP contribution in [0.5, 0.6) is 0 Å². The third-order valence-electron chi connectivity index (χ3n) is 5.28. The van der Waals surface area contributed by atoms with Crippen LogP contribution < -0.4 is 5.56 Å². The Morgan fingerprint density at radius 1 is 1.35 bits per heavy atom. The molecule has 0 unspecified atom stereocenters. The van der Waals surface area contributed by atoms with Crippen LogP contribution in [0.25, 0.3) is 21.7 Å². The highest BCUT2D eigenvalue weighted by atomic mass is 35.5. The minimum Gasteiger partial charge on any atom is -0.468 e. The van der Waals surface area contributed by atoms with Crippen LogP contribution in [0.3, 0.4) is 0 Å². The number of thioether (sulfide) groups is 1. The summed E-state index contributed by atoms with van der Waals surface area (Å²) in [5.74, 6) is 0.135. The molecule has 0 aliphatic carbocycles. The molecule has 0 saturated heterocycles. The molecule has 1 aromatic carbocycles. The van der Waals surface area contributed by atoms with E-state index >= 15 is 0 Å². The molecular formula is C20H18ClN5O3S2. The zero-order chi connectivity index (χ0) is 21.7. The van der Waals surface area contributed by atoms with Crippen LogP contribution in [-0.4, -0.2) is 56.5 Å². The lowest BCUT2D eigenvalue weighted by Gasteiger charge is -2.21. The van der Waals surface area contributed by atoms with Crippen LogP contribution in [0.1, 0.15) is 10.4 Å². The molecule has 0 spiro atoms. The predicted molar refractivity (Wildman–Crippen MR) is 122 cm³/mol. The molecule has 160 valence electrons. The summed E-state index contributed by atoms with van der Waals surface area (Å²) in [4.78, 5) is 29.7. The van der Waals surface area contributed by atoms with E-state index in [4.69, 9.17) is 16.3 Å². The van der Waals surface area contributed by atoms with Crippen LogP contribution in [0.2, 0.25) is 5.02 Å². The highest BCUT2D eigenvalue weighted by molar-refractivity contribution is 7.99. The van der Waals surface area contributed by atoms with E-state index in [0.29, 0.717) is 27.0 Å². The molecule has 8 nitrogen and oxygen atoms in total. The number of benzene rings is 1. The number of thiophene rings is 1. The lowest BCUT2D eigenvalue weighted by Crippen LogP contribution is -2.27. The van der Waals surface area contributed by atoms with Gasteiger partial charge >= 0.3 is 5.97 Å². The minimum absolute atomic E-state index is 0.100. The molecule has 0 amide bonds. The second-order valence-corrected chi connectivity index (χ2v) is 9.74. The predicted octanol–water partition coefficient (Wildman–Crippen LogP) is 3.00. The first-order valence-electron chi connectivity index (χ1n) is 9.56. The summed E-state index contributed by atoms with van der Waals surface area (Å²) < 4.78 is 8.18. The number of likely N-dealkylation sites (N-methyl/N-ethyl adjacent to an activating group) is 1. The number of nitrogens with zero attached hydrogens (tertiary/aromatic N) is 5. The van der Waals surface area contributed by atoms with E-state index < -0.39 is 0 Å². The smallest absolute Gasteiger partial charge is 0.316 e. The zero-order valence-electron chi connectivity index (χ0n) is 16.8. The lowest BCUT2D eigenvalue weighted by molar-refractivity contribution is -0.137. The molecule has 0 N–H and O–H groups in total. The van der Waals surface area contributed by atoms with E-state index in [-0.39, 0.29) is 17.3 Å². The van der Waals surface area contributed by atoms with E-state index in [9.17, 15) is 9.59 Å². The highest BCUT2D eigenvalue weighted by Gasteiger charge is 2.27. The van der Waals surface area contributed by atoms with Crippen molar-refractivity contribution < 1.29 is 9.53 Å². The number of carbonyl (C=O) groups is 1. The minimum atomic E-state index is -0.353. The average Bonchev–Trinajstić information content (AvgIpc) is 3.33. The van der Waals surface area contributed by atoms with Gasteiger partial charge in [0.05, 0.1) is 23.9 Å². The van der Waals surface area contributed by atoms with Crippen molar-refractivity contribution in [3.63, 3.8) is 0 Å². The quantitative estimate of drug-likeness (QED) is 0.331. The summed E-state index contributed by atoms with van der Waals surface area (Å²) in [5.41, 5.74) is 1.57. The maximum absolute atomic E-state index is 13.7. The van der Waals surface area contributed by atoms with E-state index in [1.54, 1.807) is 34.1 Å². The standard InChI is InChI=1S/C20H18ClN5O3S2/c1-24-7-6-13-14(9-24)31-18-16(13)17(28)25(12-5-3-4-11(21)8-12)19-22-23-20(26(18)19)30-10-15(27)29-2/h3-5,8H,6-7,9-10H2,1-2H3. The number of esters is 1. The number of hydrogen-bond donors (Lipinski definition) is 0. The summed E-state index contributed by atoms with van der Waals surface area (Å²) in [5, 5.41) is 10.4. The van der Waals surface area contributed by atoms with Gasteiger partial charge < -0.3 is 9.64 Å². The molecule has 4 heterocycles. The van der Waals surface area contributed by atoms with Crippen molar-refractivity contribution >= 4 is 56.7 Å². The molecular weight excluding hydrogens is 458 g/mol. The fourth-order valence-corrected chi connectivity index (χ4v) is 6.23. The Bertz CT molecular complexity index is 1390. The molecule has 0 fully saturated rings. The van der Waals surface area contributed by atoms with Crippen molar-refractivity contribution in [2.75, 3.05) is 26.5 Å². The van der Waals surface area contributed by atoms with Gasteiger partial charge in [0.1, 0.15) is 4.83 Å². The fourth-order valence-electron chi connectivity index (χ4n) is 3.81. The highest BCUT2D eigenvalue weighted by Crippen LogP contribution is 2.35. The van der Waals surface area contributed by atoms with Crippen molar-refractivity contribution in [2.24, 2.45) is 0 Å². The van der Waals surface area contributed by atoms with Gasteiger partial charge in [0.2, 0.25) is 5.78 Å². The van der Waals surface area contributed by atoms with Crippen LogP contribution >= 0.6 is 34.7 Å². The first kappa shape index (κ1) is 20.5. The van der Waals surface area contributed by atoms with Gasteiger partial charge in [-0.3, -0.25) is 9.59 Å². The topological polar surface area (TPSA) is 81.7 Å². The molecule has 1 aliphatic heterocycles. The van der Waals surface area contributed by atoms with Gasteiger partial charge in [0.15, 0.2) is 5.16 Å². The van der Waals surface area contributed by atoms with Crippen LogP contribution in [0.15, 0.2) is 34.2 Å². The summed E-state index contributed by atoms with van der Waals surface area (Å²) in [6.45, 7) is 1.68. The summed E-state index contributed by atoms with van der Waals surface area (Å²) in [6, 6.07) is 7.11. The molecule has 3 aromatic heterocycles. The Kier molecular flexibility index (Phi) is 5.25. The van der Waals surface area contributed by atoms with Crippen molar-refractivity contribution in [1.82, 2.24) is 24.1 Å². The molecule has 31 heavy (non-hydrogen) atoms. The van der Waals surface area contributed by atoms with E-state index in [0.717, 1.165) is 29.9 Å². The van der Waals surface area contributed by atoms with Crippen molar-refractivity contribution in [1.29, 1.82) is 0 Å². The molecule has 0 saturated carbocycles. The maximum Gasteiger partial charge on any atom is 0.316 e. The number of methoxy groups -OCH3 is 1. The van der Waals surface area contributed by atoms with Gasteiger partial charge in [-0.05, 0) is 37.2 Å². The van der Waals surface area contributed by atoms with Gasteiger partial charge in [0.25, 0.3) is 5.56 Å². The number of aromatic nitrogens is 4. The molecule has 0 radical (unpaired) electrons. The molecule has 5 rings (SSSR count). The number of ether oxygens (including phenoxy) is 1. The number of carbonyl (C=O) groups excluding carboxylic acids is 1. The SMILES string of the molecule is COC(=O)CSc1nnc2n(-c3cccc(Cl)c3)c(=O)c3c4c(sc3n12)CN(C)CC4. The largest absolute Gasteiger partial charge is 0.468 e. The second-order valence-electron chi connectivity index (χ2n) is 7.27. The van der Waals surface area contributed by atoms with E-state index in [2.05, 4.69) is 22.1 Å². The van der Waals surface area contributed by atoms with Crippen molar-refractivity contribution in [3.05, 3.63) is 50.1 Å². The summed E-state index contributed by atoms with van der Waals surface area (Å²) in [7, 11) is 3.42. The molecule has 11 heteroatoms. The Hall–Kier alpha value is -2.40. The van der Waals surface area contributed by atoms with E-state index in [1.807, 2.05) is 10.5 Å². The summed E-state index contributed by atoms with van der Waals surface area (Å²) >= 11 is 9.03. The van der Waals surface area contributed by atoms with Crippen molar-refractivity contribution in [2.45, 2.75) is 18.1 Å². The van der Waals surface area contributed by atoms with Gasteiger partial charge in [-0.25, -0.2) is 8.97 Å². The Labute approximate surface area is 190 Å². The number of halogens is 1. The van der Waals surface area contributed by atoms with Gasteiger partial charge in [-0.15, -0.1) is 21.5 Å². The Morgan fingerprint density at radius 2 is 2.19 bits per heavy atom. The average molecular weight is 476 g/mol. The van der Waals surface area contributed by atoms with Crippen LogP contribution in [0, 0.1) is 0 Å². The van der Waals surface area contributed by atoms with Crippen molar-refractivity contribution in [3.8, 4) is 5.69 Å². The fraction of sp³-hybridized carbons (Fsp3) is 0.300. The normalized spacial score (nSPS) is 14.3. The zero-order valence-corrected chi connectivity index (χ0v) is 19.2. The summed E-state index contributed by atoms with van der Waals surface area (Å²) in [6.07, 6.45) is 0.800. The van der Waals surface area contributed by atoms with E-state index in [1.165, 1.54) is 23.7 Å². The third-order valence-corrected chi connectivity index (χ3v) is 7.62. The monoisotopic (exact) mass is 475 g/mol. The van der Waals surface area contributed by atoms with Gasteiger partial charge in [0, 0.05) is 23.0 Å². The molecule has 0 bridgehead atoms. The molecule has 0 atom stereocenters. The Morgan fingerprint density at radius 3 is 2.97 bits per heavy atom. The first-order valence-corrected chi connectivity index (χ1v) is 11.7. The Balaban J connectivity index is 1.84. The maximum atomic E-state index is 13.7.